The van der Waals surface area contributed by atoms with Gasteiger partial charge in [-0.15, -0.1) is 4.28 Å². The molecular weight excluding hydrogens is 394 g/mol. The van der Waals surface area contributed by atoms with Gasteiger partial charge in [-0.2, -0.15) is 13.5 Å². The molecule has 3 saturated heterocycles. The number of rotatable bonds is 8. The van der Waals surface area contributed by atoms with Gasteiger partial charge in [0.15, 0.2) is 0 Å². The van der Waals surface area contributed by atoms with E-state index in [9.17, 15) is 18.0 Å². The Hall–Kier alpha value is -1.96. The maximum absolute atomic E-state index is 12.3. The van der Waals surface area contributed by atoms with Crippen LogP contribution in [0.2, 0.25) is 0 Å². The fourth-order valence-electron chi connectivity index (χ4n) is 3.60. The Balaban J connectivity index is 1.40. The first-order valence-corrected chi connectivity index (χ1v) is 10.6. The average Bonchev–Trinajstić information content (AvgIpc) is 2.89. The van der Waals surface area contributed by atoms with Crippen LogP contribution in [0.3, 0.4) is 0 Å². The monoisotopic (exact) mass is 419 g/mol. The van der Waals surface area contributed by atoms with Crippen molar-refractivity contribution in [3.63, 3.8) is 0 Å². The maximum Gasteiger partial charge on any atom is 0.418 e. The quantitative estimate of drug-likeness (QED) is 0.177. The highest BCUT2D eigenvalue weighted by molar-refractivity contribution is 7.80. The SMILES string of the molecule is O=C(NOCC/N=C/N1CCCCC1)[C@@H]1CCC2CN1C(=O)N2OS(=O)(=O)O. The lowest BCUT2D eigenvalue weighted by atomic mass is 10.0. The van der Waals surface area contributed by atoms with Gasteiger partial charge in [0, 0.05) is 19.6 Å². The van der Waals surface area contributed by atoms with Crippen LogP contribution in [0.5, 0.6) is 0 Å². The summed E-state index contributed by atoms with van der Waals surface area (Å²) in [5.74, 6) is -0.500. The largest absolute Gasteiger partial charge is 0.418 e. The minimum atomic E-state index is -4.81. The first kappa shape index (κ1) is 20.8. The highest BCUT2D eigenvalue weighted by Crippen LogP contribution is 2.30. The molecule has 3 heterocycles. The number of nitrogens with one attached hydrogen (secondary N) is 1. The zero-order valence-electron chi connectivity index (χ0n) is 15.4. The molecule has 3 rings (SSSR count). The number of likely N-dealkylation sites (tertiary alicyclic amines) is 1. The van der Waals surface area contributed by atoms with Crippen molar-refractivity contribution in [2.45, 2.75) is 44.2 Å². The third kappa shape index (κ3) is 5.31. The Kier molecular flexibility index (Phi) is 6.69. The van der Waals surface area contributed by atoms with Crippen LogP contribution >= 0.6 is 0 Å². The van der Waals surface area contributed by atoms with Gasteiger partial charge in [0.05, 0.1) is 25.5 Å². The van der Waals surface area contributed by atoms with Gasteiger partial charge in [0.25, 0.3) is 5.91 Å². The van der Waals surface area contributed by atoms with Crippen molar-refractivity contribution >= 4 is 28.7 Å². The molecule has 0 aromatic carbocycles. The van der Waals surface area contributed by atoms with Crippen molar-refractivity contribution in [1.29, 1.82) is 0 Å². The lowest BCUT2D eigenvalue weighted by molar-refractivity contribution is -0.138. The Labute approximate surface area is 163 Å². The van der Waals surface area contributed by atoms with Crippen molar-refractivity contribution in [1.82, 2.24) is 20.3 Å². The number of carbonyl (C=O) groups is 2. The van der Waals surface area contributed by atoms with E-state index in [4.69, 9.17) is 9.39 Å². The van der Waals surface area contributed by atoms with E-state index in [2.05, 4.69) is 19.7 Å². The molecule has 3 fully saturated rings. The summed E-state index contributed by atoms with van der Waals surface area (Å²) >= 11 is 0. The number of piperidine rings is 2. The van der Waals surface area contributed by atoms with Crippen molar-refractivity contribution in [2.75, 3.05) is 32.8 Å². The van der Waals surface area contributed by atoms with Gasteiger partial charge in [0.2, 0.25) is 0 Å². The number of hydrogen-bond donors (Lipinski definition) is 2. The van der Waals surface area contributed by atoms with Crippen LogP contribution in [-0.2, 0) is 24.3 Å². The number of nitrogens with zero attached hydrogens (tertiary/aromatic N) is 4. The molecule has 0 saturated carbocycles. The number of hydrogen-bond acceptors (Lipinski definition) is 7. The summed E-state index contributed by atoms with van der Waals surface area (Å²) in [6.07, 6.45) is 6.07. The third-order valence-corrected chi connectivity index (χ3v) is 5.28. The molecule has 2 N–H and O–H groups in total. The van der Waals surface area contributed by atoms with Gasteiger partial charge >= 0.3 is 16.4 Å². The van der Waals surface area contributed by atoms with E-state index in [1.165, 1.54) is 24.2 Å². The zero-order chi connectivity index (χ0) is 20.1. The molecule has 3 aliphatic rings. The summed E-state index contributed by atoms with van der Waals surface area (Å²) in [4.78, 5) is 37.3. The molecule has 0 radical (unpaired) electrons. The highest BCUT2D eigenvalue weighted by atomic mass is 32.3. The third-order valence-electron chi connectivity index (χ3n) is 4.93. The molecule has 3 aliphatic heterocycles. The first-order valence-electron chi connectivity index (χ1n) is 9.27. The van der Waals surface area contributed by atoms with Crippen LogP contribution in [0, 0.1) is 0 Å². The van der Waals surface area contributed by atoms with Crippen LogP contribution in [-0.4, -0.2) is 91.0 Å². The molecule has 2 bridgehead atoms. The van der Waals surface area contributed by atoms with Gasteiger partial charge in [-0.1, -0.05) is 0 Å². The molecule has 158 valence electrons. The minimum absolute atomic E-state index is 0.132. The van der Waals surface area contributed by atoms with Gasteiger partial charge in [-0.05, 0) is 32.1 Å². The van der Waals surface area contributed by atoms with E-state index in [0.717, 1.165) is 13.1 Å². The summed E-state index contributed by atoms with van der Waals surface area (Å²) < 4.78 is 34.8. The highest BCUT2D eigenvalue weighted by Gasteiger charge is 2.49. The molecule has 0 aliphatic carbocycles. The molecule has 0 aromatic heterocycles. The average molecular weight is 419 g/mol. The van der Waals surface area contributed by atoms with E-state index in [-0.39, 0.29) is 13.2 Å². The predicted molar refractivity (Wildman–Crippen MR) is 96.3 cm³/mol. The smallest absolute Gasteiger partial charge is 0.363 e. The van der Waals surface area contributed by atoms with Gasteiger partial charge in [-0.25, -0.2) is 10.3 Å². The maximum atomic E-state index is 12.3. The lowest BCUT2D eigenvalue weighted by Crippen LogP contribution is -2.49. The second-order valence-corrected chi connectivity index (χ2v) is 7.95. The summed E-state index contributed by atoms with van der Waals surface area (Å²) in [7, 11) is -4.81. The van der Waals surface area contributed by atoms with Crippen molar-refractivity contribution in [3.8, 4) is 0 Å². The van der Waals surface area contributed by atoms with Gasteiger partial charge < -0.3 is 9.80 Å². The van der Waals surface area contributed by atoms with Crippen LogP contribution in [0.25, 0.3) is 0 Å². The van der Waals surface area contributed by atoms with E-state index in [1.54, 1.807) is 6.34 Å². The van der Waals surface area contributed by atoms with Crippen LogP contribution < -0.4 is 5.48 Å². The Morgan fingerprint density at radius 1 is 1.29 bits per heavy atom. The van der Waals surface area contributed by atoms with E-state index >= 15 is 0 Å². The summed E-state index contributed by atoms with van der Waals surface area (Å²) in [5, 5.41) is 0.596. The predicted octanol–water partition coefficient (Wildman–Crippen LogP) is -0.449. The standard InChI is InChI=1S/C15H25N5O7S/c21-14(17-26-9-6-16-11-18-7-2-1-3-8-18)13-5-4-12-10-19(13)15(22)20(12)27-28(23,24)25/h11-13H,1-10H2,(H,17,21)(H,23,24,25)/b16-11+/t12?,13-/m0/s1. The lowest BCUT2D eigenvalue weighted by Gasteiger charge is -2.28. The molecule has 28 heavy (non-hydrogen) atoms. The van der Waals surface area contributed by atoms with E-state index in [0.29, 0.717) is 24.4 Å². The molecule has 1 unspecified atom stereocenters. The van der Waals surface area contributed by atoms with Crippen LogP contribution in [0.15, 0.2) is 4.99 Å². The number of amides is 3. The second kappa shape index (κ2) is 9.03. The normalized spacial score (nSPS) is 25.6. The molecular formula is C15H25N5O7S. The van der Waals surface area contributed by atoms with E-state index < -0.39 is 34.4 Å². The molecule has 0 aromatic rings. The molecule has 12 nitrogen and oxygen atoms in total. The molecule has 2 atom stereocenters. The molecule has 13 heteroatoms. The number of aliphatic imine (C=N–C) groups is 1. The summed E-state index contributed by atoms with van der Waals surface area (Å²) in [5.41, 5.74) is 2.31. The summed E-state index contributed by atoms with van der Waals surface area (Å²) in [6.45, 7) is 2.73. The minimum Gasteiger partial charge on any atom is -0.363 e. The summed E-state index contributed by atoms with van der Waals surface area (Å²) in [6, 6.07) is -2.12. The fraction of sp³-hybridized carbons (Fsp3) is 0.800. The fourth-order valence-corrected chi connectivity index (χ4v) is 3.99. The van der Waals surface area contributed by atoms with Crippen LogP contribution in [0.1, 0.15) is 32.1 Å². The zero-order valence-corrected chi connectivity index (χ0v) is 16.2. The molecule has 3 amide bonds. The Bertz CT molecular complexity index is 710. The Morgan fingerprint density at radius 3 is 2.75 bits per heavy atom. The van der Waals surface area contributed by atoms with Crippen LogP contribution in [0.4, 0.5) is 4.79 Å². The first-order chi connectivity index (χ1) is 13.3. The van der Waals surface area contributed by atoms with Crippen molar-refractivity contribution < 1.29 is 31.7 Å². The number of hydroxylamine groups is 3. The van der Waals surface area contributed by atoms with E-state index in [1.807, 2.05) is 0 Å². The molecule has 0 spiro atoms. The van der Waals surface area contributed by atoms with Gasteiger partial charge in [0.1, 0.15) is 6.04 Å². The topological polar surface area (TPSA) is 141 Å². The van der Waals surface area contributed by atoms with Crippen molar-refractivity contribution in [2.24, 2.45) is 4.99 Å². The Morgan fingerprint density at radius 2 is 2.04 bits per heavy atom. The number of urea groups is 1. The second-order valence-electron chi connectivity index (χ2n) is 6.94. The number of fused-ring (bicyclic) bond motifs is 2. The number of carbonyl (C=O) groups excluding carboxylic acids is 2. The van der Waals surface area contributed by atoms with Gasteiger partial charge in [-0.3, -0.25) is 19.2 Å². The van der Waals surface area contributed by atoms with Crippen molar-refractivity contribution in [3.05, 3.63) is 0 Å².